The topological polar surface area (TPSA) is 58.4 Å². The van der Waals surface area contributed by atoms with Crippen LogP contribution in [0.15, 0.2) is 0 Å². The van der Waals surface area contributed by atoms with Crippen LogP contribution in [0.2, 0.25) is 0 Å². The van der Waals surface area contributed by atoms with Crippen LogP contribution in [0.5, 0.6) is 0 Å². The lowest BCUT2D eigenvalue weighted by Gasteiger charge is -2.38. The fraction of sp³-hybridized carbons (Fsp3) is 0.933. The van der Waals surface area contributed by atoms with Crippen molar-refractivity contribution in [1.82, 2.24) is 10.2 Å². The molecule has 1 aliphatic heterocycles. The number of piperidine rings is 1. The molecule has 0 aromatic carbocycles. The molecule has 0 spiro atoms. The second-order valence-electron chi connectivity index (χ2n) is 6.26. The summed E-state index contributed by atoms with van der Waals surface area (Å²) in [6.07, 6.45) is 3.56. The van der Waals surface area contributed by atoms with E-state index in [9.17, 15) is 4.79 Å². The lowest BCUT2D eigenvalue weighted by molar-refractivity contribution is -0.124. The minimum Gasteiger partial charge on any atom is -0.352 e. The summed E-state index contributed by atoms with van der Waals surface area (Å²) in [5, 5.41) is 3.08. The van der Waals surface area contributed by atoms with Crippen LogP contribution in [0.25, 0.3) is 0 Å². The van der Waals surface area contributed by atoms with E-state index in [1.807, 2.05) is 0 Å². The van der Waals surface area contributed by atoms with Gasteiger partial charge in [-0.05, 0) is 38.1 Å². The highest BCUT2D eigenvalue weighted by Gasteiger charge is 2.28. The lowest BCUT2D eigenvalue weighted by atomic mass is 9.89. The zero-order chi connectivity index (χ0) is 14.4. The Morgan fingerprint density at radius 3 is 2.63 bits per heavy atom. The van der Waals surface area contributed by atoms with Gasteiger partial charge in [0.15, 0.2) is 0 Å². The Balaban J connectivity index is 2.44. The number of nitrogens with zero attached hydrogens (tertiary/aromatic N) is 1. The average Bonchev–Trinajstić information content (AvgIpc) is 2.38. The molecule has 1 heterocycles. The zero-order valence-corrected chi connectivity index (χ0v) is 13.0. The van der Waals surface area contributed by atoms with Crippen molar-refractivity contribution in [2.24, 2.45) is 17.6 Å². The number of hydrogen-bond donors (Lipinski definition) is 2. The summed E-state index contributed by atoms with van der Waals surface area (Å²) in [5.74, 6) is 1.39. The Hall–Kier alpha value is -0.610. The van der Waals surface area contributed by atoms with Gasteiger partial charge in [0, 0.05) is 18.6 Å². The van der Waals surface area contributed by atoms with Crippen LogP contribution >= 0.6 is 0 Å². The summed E-state index contributed by atoms with van der Waals surface area (Å²) in [6, 6.07) is 0.607. The highest BCUT2D eigenvalue weighted by molar-refractivity contribution is 5.78. The maximum atomic E-state index is 12.0. The molecule has 0 aromatic rings. The summed E-state index contributed by atoms with van der Waals surface area (Å²) < 4.78 is 0. The Morgan fingerprint density at radius 2 is 2.11 bits per heavy atom. The molecular weight excluding hydrogens is 238 g/mol. The SMILES string of the molecule is CCC1CCN(CC(=O)NC(C)C(C)C)C(CN)C1. The van der Waals surface area contributed by atoms with Gasteiger partial charge in [-0.3, -0.25) is 9.69 Å². The first kappa shape index (κ1) is 16.4. The van der Waals surface area contributed by atoms with Crippen LogP contribution < -0.4 is 11.1 Å². The number of amides is 1. The molecule has 0 saturated carbocycles. The van der Waals surface area contributed by atoms with Crippen molar-refractivity contribution in [3.63, 3.8) is 0 Å². The van der Waals surface area contributed by atoms with Gasteiger partial charge in [-0.1, -0.05) is 27.2 Å². The molecule has 1 fully saturated rings. The standard InChI is InChI=1S/C15H31N3O/c1-5-13-6-7-18(14(8-13)9-16)10-15(19)17-12(4)11(2)3/h11-14H,5-10,16H2,1-4H3,(H,17,19). The first-order valence-corrected chi connectivity index (χ1v) is 7.71. The Labute approximate surface area is 118 Å². The molecule has 1 rings (SSSR count). The molecule has 3 unspecified atom stereocenters. The molecule has 0 bridgehead atoms. The quantitative estimate of drug-likeness (QED) is 0.770. The molecule has 112 valence electrons. The van der Waals surface area contributed by atoms with Gasteiger partial charge in [-0.15, -0.1) is 0 Å². The van der Waals surface area contributed by atoms with E-state index < -0.39 is 0 Å². The number of hydrogen-bond acceptors (Lipinski definition) is 3. The molecule has 1 amide bonds. The van der Waals surface area contributed by atoms with Crippen LogP contribution in [0.3, 0.4) is 0 Å². The molecule has 0 aliphatic carbocycles. The average molecular weight is 269 g/mol. The highest BCUT2D eigenvalue weighted by Crippen LogP contribution is 2.24. The third-order valence-electron chi connectivity index (χ3n) is 4.53. The summed E-state index contributed by atoms with van der Waals surface area (Å²) in [6.45, 7) is 10.7. The van der Waals surface area contributed by atoms with Gasteiger partial charge < -0.3 is 11.1 Å². The van der Waals surface area contributed by atoms with E-state index in [4.69, 9.17) is 5.73 Å². The maximum absolute atomic E-state index is 12.0. The molecule has 3 N–H and O–H groups in total. The maximum Gasteiger partial charge on any atom is 0.234 e. The van der Waals surface area contributed by atoms with Crippen LogP contribution in [0, 0.1) is 11.8 Å². The van der Waals surface area contributed by atoms with E-state index in [-0.39, 0.29) is 11.9 Å². The van der Waals surface area contributed by atoms with Crippen molar-refractivity contribution in [2.45, 2.75) is 59.0 Å². The van der Waals surface area contributed by atoms with E-state index >= 15 is 0 Å². The molecule has 4 heteroatoms. The second-order valence-corrected chi connectivity index (χ2v) is 6.26. The summed E-state index contributed by atoms with van der Waals surface area (Å²) in [4.78, 5) is 14.3. The normalized spacial score (nSPS) is 26.4. The van der Waals surface area contributed by atoms with Crippen LogP contribution in [-0.4, -0.2) is 42.5 Å². The number of rotatable bonds is 6. The van der Waals surface area contributed by atoms with Gasteiger partial charge in [-0.2, -0.15) is 0 Å². The van der Waals surface area contributed by atoms with Crippen LogP contribution in [0.1, 0.15) is 47.0 Å². The van der Waals surface area contributed by atoms with E-state index in [2.05, 4.69) is 37.9 Å². The second kappa shape index (κ2) is 7.85. The Kier molecular flexibility index (Phi) is 6.80. The van der Waals surface area contributed by atoms with Gasteiger partial charge in [0.05, 0.1) is 6.54 Å². The number of likely N-dealkylation sites (tertiary alicyclic amines) is 1. The van der Waals surface area contributed by atoms with E-state index in [1.165, 1.54) is 12.8 Å². The largest absolute Gasteiger partial charge is 0.352 e. The van der Waals surface area contributed by atoms with Crippen molar-refractivity contribution in [3.8, 4) is 0 Å². The Bertz CT molecular complexity index is 281. The highest BCUT2D eigenvalue weighted by atomic mass is 16.2. The predicted molar refractivity (Wildman–Crippen MR) is 79.9 cm³/mol. The van der Waals surface area contributed by atoms with Crippen molar-refractivity contribution in [3.05, 3.63) is 0 Å². The Morgan fingerprint density at radius 1 is 1.42 bits per heavy atom. The van der Waals surface area contributed by atoms with Gasteiger partial charge in [0.2, 0.25) is 5.91 Å². The minimum atomic E-state index is 0.134. The van der Waals surface area contributed by atoms with Gasteiger partial charge in [-0.25, -0.2) is 0 Å². The molecule has 3 atom stereocenters. The fourth-order valence-corrected chi connectivity index (χ4v) is 2.66. The molecule has 1 aliphatic rings. The van der Waals surface area contributed by atoms with E-state index in [0.29, 0.717) is 25.0 Å². The molecule has 4 nitrogen and oxygen atoms in total. The molecule has 19 heavy (non-hydrogen) atoms. The minimum absolute atomic E-state index is 0.134. The fourth-order valence-electron chi connectivity index (χ4n) is 2.66. The number of carbonyl (C=O) groups excluding carboxylic acids is 1. The lowest BCUT2D eigenvalue weighted by Crippen LogP contribution is -2.51. The first-order valence-electron chi connectivity index (χ1n) is 7.71. The third-order valence-corrected chi connectivity index (χ3v) is 4.53. The van der Waals surface area contributed by atoms with Gasteiger partial charge >= 0.3 is 0 Å². The van der Waals surface area contributed by atoms with Crippen molar-refractivity contribution < 1.29 is 4.79 Å². The van der Waals surface area contributed by atoms with E-state index in [0.717, 1.165) is 18.9 Å². The summed E-state index contributed by atoms with van der Waals surface area (Å²) in [7, 11) is 0. The van der Waals surface area contributed by atoms with Crippen LogP contribution in [0.4, 0.5) is 0 Å². The molecular formula is C15H31N3O. The van der Waals surface area contributed by atoms with Gasteiger partial charge in [0.25, 0.3) is 0 Å². The monoisotopic (exact) mass is 269 g/mol. The third kappa shape index (κ3) is 5.11. The molecule has 0 radical (unpaired) electrons. The molecule has 0 aromatic heterocycles. The van der Waals surface area contributed by atoms with E-state index in [1.54, 1.807) is 0 Å². The first-order chi connectivity index (χ1) is 8.97. The summed E-state index contributed by atoms with van der Waals surface area (Å²) >= 11 is 0. The number of nitrogens with two attached hydrogens (primary N) is 1. The van der Waals surface area contributed by atoms with Gasteiger partial charge in [0.1, 0.15) is 0 Å². The van der Waals surface area contributed by atoms with Crippen LogP contribution in [-0.2, 0) is 4.79 Å². The van der Waals surface area contributed by atoms with Crippen molar-refractivity contribution >= 4 is 5.91 Å². The zero-order valence-electron chi connectivity index (χ0n) is 13.0. The van der Waals surface area contributed by atoms with Crippen molar-refractivity contribution in [1.29, 1.82) is 0 Å². The number of nitrogens with one attached hydrogen (secondary N) is 1. The smallest absolute Gasteiger partial charge is 0.234 e. The number of carbonyl (C=O) groups is 1. The van der Waals surface area contributed by atoms with Crippen molar-refractivity contribution in [2.75, 3.05) is 19.6 Å². The molecule has 1 saturated heterocycles. The predicted octanol–water partition coefficient (Wildman–Crippen LogP) is 1.60. The summed E-state index contributed by atoms with van der Waals surface area (Å²) in [5.41, 5.74) is 5.86.